The Hall–Kier alpha value is -2.50. The van der Waals surface area contributed by atoms with Gasteiger partial charge in [-0.15, -0.1) is 0 Å². The lowest BCUT2D eigenvalue weighted by molar-refractivity contribution is 1.09. The van der Waals surface area contributed by atoms with Crippen molar-refractivity contribution in [2.45, 2.75) is 6.54 Å². The molecule has 0 amide bonds. The van der Waals surface area contributed by atoms with E-state index in [-0.39, 0.29) is 0 Å². The van der Waals surface area contributed by atoms with Crippen molar-refractivity contribution in [3.63, 3.8) is 0 Å². The molecule has 0 radical (unpaired) electrons. The van der Waals surface area contributed by atoms with E-state index in [2.05, 4.69) is 20.6 Å². The van der Waals surface area contributed by atoms with Crippen molar-refractivity contribution in [2.24, 2.45) is 0 Å². The molecule has 122 valence electrons. The number of halogens is 2. The maximum absolute atomic E-state index is 6.16. The van der Waals surface area contributed by atoms with Crippen LogP contribution in [0.1, 0.15) is 5.56 Å². The molecule has 0 aliphatic heterocycles. The van der Waals surface area contributed by atoms with Gasteiger partial charge in [-0.1, -0.05) is 53.5 Å². The molecule has 0 saturated carbocycles. The Morgan fingerprint density at radius 1 is 0.917 bits per heavy atom. The zero-order valence-corrected chi connectivity index (χ0v) is 14.1. The number of anilines is 4. The van der Waals surface area contributed by atoms with Crippen LogP contribution in [0.3, 0.4) is 0 Å². The van der Waals surface area contributed by atoms with E-state index in [1.807, 2.05) is 30.3 Å². The monoisotopic (exact) mass is 359 g/mol. The highest BCUT2D eigenvalue weighted by Gasteiger charge is 2.09. The Balaban J connectivity index is 1.77. The lowest BCUT2D eigenvalue weighted by Crippen LogP contribution is -2.08. The van der Waals surface area contributed by atoms with Crippen LogP contribution in [-0.2, 0) is 6.54 Å². The van der Waals surface area contributed by atoms with Crippen LogP contribution >= 0.6 is 23.2 Å². The van der Waals surface area contributed by atoms with Crippen molar-refractivity contribution in [1.82, 2.24) is 9.97 Å². The molecule has 4 N–H and O–H groups in total. The van der Waals surface area contributed by atoms with Gasteiger partial charge < -0.3 is 16.4 Å². The van der Waals surface area contributed by atoms with Gasteiger partial charge in [0, 0.05) is 22.3 Å². The molecule has 1 heterocycles. The maximum atomic E-state index is 6.16. The van der Waals surface area contributed by atoms with Crippen LogP contribution in [0.15, 0.2) is 54.9 Å². The van der Waals surface area contributed by atoms with Crippen LogP contribution in [-0.4, -0.2) is 9.97 Å². The normalized spacial score (nSPS) is 10.4. The summed E-state index contributed by atoms with van der Waals surface area (Å²) in [7, 11) is 0. The fourth-order valence-corrected chi connectivity index (χ4v) is 2.71. The van der Waals surface area contributed by atoms with E-state index in [1.54, 1.807) is 18.2 Å². The van der Waals surface area contributed by atoms with Crippen LogP contribution in [0.2, 0.25) is 10.0 Å². The highest BCUT2D eigenvalue weighted by molar-refractivity contribution is 6.35. The first-order valence-corrected chi connectivity index (χ1v) is 7.99. The summed E-state index contributed by atoms with van der Waals surface area (Å²) in [5.41, 5.74) is 8.41. The van der Waals surface area contributed by atoms with Crippen molar-refractivity contribution < 1.29 is 0 Å². The summed E-state index contributed by atoms with van der Waals surface area (Å²) in [5.74, 6) is 1.04. The van der Waals surface area contributed by atoms with Crippen molar-refractivity contribution in [1.29, 1.82) is 0 Å². The molecule has 0 aliphatic carbocycles. The molecular weight excluding hydrogens is 345 g/mol. The quantitative estimate of drug-likeness (QED) is 0.614. The number of hydrogen-bond acceptors (Lipinski definition) is 5. The first-order valence-electron chi connectivity index (χ1n) is 7.23. The van der Waals surface area contributed by atoms with Gasteiger partial charge in [-0.2, -0.15) is 0 Å². The average molecular weight is 360 g/mol. The van der Waals surface area contributed by atoms with E-state index in [0.717, 1.165) is 5.56 Å². The van der Waals surface area contributed by atoms with Crippen LogP contribution in [0, 0.1) is 0 Å². The molecular formula is C17H15Cl2N5. The summed E-state index contributed by atoms with van der Waals surface area (Å²) in [4.78, 5) is 8.37. The summed E-state index contributed by atoms with van der Waals surface area (Å²) in [6.45, 7) is 0.616. The van der Waals surface area contributed by atoms with E-state index in [0.29, 0.717) is 39.6 Å². The SMILES string of the molecule is Nc1c(NCc2ccccc2)ncnc1Nc1cc(Cl)cc(Cl)c1. The molecule has 0 fully saturated rings. The van der Waals surface area contributed by atoms with Gasteiger partial charge in [-0.05, 0) is 23.8 Å². The standard InChI is InChI=1S/C17H15Cl2N5/c18-12-6-13(19)8-14(7-12)24-17-15(20)16(22-10-23-17)21-9-11-4-2-1-3-5-11/h1-8,10H,9,20H2,(H2,21,22,23,24). The Morgan fingerprint density at radius 2 is 1.58 bits per heavy atom. The molecule has 0 spiro atoms. The lowest BCUT2D eigenvalue weighted by atomic mass is 10.2. The van der Waals surface area contributed by atoms with Gasteiger partial charge >= 0.3 is 0 Å². The lowest BCUT2D eigenvalue weighted by Gasteiger charge is -2.13. The summed E-state index contributed by atoms with van der Waals surface area (Å²) in [6, 6.07) is 15.1. The molecule has 3 aromatic rings. The average Bonchev–Trinajstić information content (AvgIpc) is 2.56. The number of nitrogen functional groups attached to an aromatic ring is 1. The van der Waals surface area contributed by atoms with Gasteiger partial charge in [0.05, 0.1) is 0 Å². The highest BCUT2D eigenvalue weighted by Crippen LogP contribution is 2.29. The van der Waals surface area contributed by atoms with E-state index in [9.17, 15) is 0 Å². The number of hydrogen-bond donors (Lipinski definition) is 3. The molecule has 3 rings (SSSR count). The number of rotatable bonds is 5. The fraction of sp³-hybridized carbons (Fsp3) is 0.0588. The molecule has 24 heavy (non-hydrogen) atoms. The number of nitrogens with two attached hydrogens (primary N) is 1. The Bertz CT molecular complexity index is 819. The van der Waals surface area contributed by atoms with E-state index in [1.165, 1.54) is 6.33 Å². The Kier molecular flexibility index (Phi) is 5.03. The number of nitrogens with one attached hydrogen (secondary N) is 2. The smallest absolute Gasteiger partial charge is 0.159 e. The second-order valence-corrected chi connectivity index (χ2v) is 5.98. The van der Waals surface area contributed by atoms with Gasteiger partial charge in [0.1, 0.15) is 12.0 Å². The fourth-order valence-electron chi connectivity index (χ4n) is 2.18. The molecule has 2 aromatic carbocycles. The topological polar surface area (TPSA) is 75.9 Å². The van der Waals surface area contributed by atoms with Crippen molar-refractivity contribution >= 4 is 46.2 Å². The Morgan fingerprint density at radius 3 is 2.29 bits per heavy atom. The van der Waals surface area contributed by atoms with E-state index in [4.69, 9.17) is 28.9 Å². The molecule has 0 bridgehead atoms. The largest absolute Gasteiger partial charge is 0.393 e. The summed E-state index contributed by atoms with van der Waals surface area (Å²) >= 11 is 12.0. The minimum Gasteiger partial charge on any atom is -0.393 e. The number of nitrogens with zero attached hydrogens (tertiary/aromatic N) is 2. The molecule has 0 saturated heterocycles. The van der Waals surface area contributed by atoms with Crippen molar-refractivity contribution in [2.75, 3.05) is 16.4 Å². The van der Waals surface area contributed by atoms with Gasteiger partial charge in [0.25, 0.3) is 0 Å². The third-order valence-corrected chi connectivity index (χ3v) is 3.75. The molecule has 5 nitrogen and oxygen atoms in total. The predicted molar refractivity (Wildman–Crippen MR) is 100.0 cm³/mol. The van der Waals surface area contributed by atoms with E-state index >= 15 is 0 Å². The highest BCUT2D eigenvalue weighted by atomic mass is 35.5. The van der Waals surface area contributed by atoms with Crippen molar-refractivity contribution in [3.8, 4) is 0 Å². The third-order valence-electron chi connectivity index (χ3n) is 3.31. The second-order valence-electron chi connectivity index (χ2n) is 5.11. The molecule has 0 atom stereocenters. The molecule has 1 aromatic heterocycles. The number of benzene rings is 2. The first-order chi connectivity index (χ1) is 11.6. The zero-order valence-electron chi connectivity index (χ0n) is 12.6. The van der Waals surface area contributed by atoms with Crippen LogP contribution in [0.5, 0.6) is 0 Å². The van der Waals surface area contributed by atoms with Gasteiger partial charge in [-0.3, -0.25) is 0 Å². The maximum Gasteiger partial charge on any atom is 0.159 e. The minimum atomic E-state index is 0.421. The summed E-state index contributed by atoms with van der Waals surface area (Å²) in [5, 5.41) is 7.37. The molecule has 0 unspecified atom stereocenters. The van der Waals surface area contributed by atoms with Crippen molar-refractivity contribution in [3.05, 3.63) is 70.5 Å². The van der Waals surface area contributed by atoms with Crippen LogP contribution in [0.25, 0.3) is 0 Å². The third kappa shape index (κ3) is 4.07. The molecule has 0 aliphatic rings. The number of aromatic nitrogens is 2. The second kappa shape index (κ2) is 7.38. The predicted octanol–water partition coefficient (Wildman–Crippen LogP) is 4.72. The summed E-state index contributed by atoms with van der Waals surface area (Å²) in [6.07, 6.45) is 1.44. The summed E-state index contributed by atoms with van der Waals surface area (Å²) < 4.78 is 0. The van der Waals surface area contributed by atoms with Gasteiger partial charge in [0.2, 0.25) is 0 Å². The Labute approximate surface area is 149 Å². The zero-order chi connectivity index (χ0) is 16.9. The molecule has 7 heteroatoms. The van der Waals surface area contributed by atoms with E-state index < -0.39 is 0 Å². The first kappa shape index (κ1) is 16.4. The van der Waals surface area contributed by atoms with Crippen LogP contribution in [0.4, 0.5) is 23.0 Å². The van der Waals surface area contributed by atoms with Gasteiger partial charge in [-0.25, -0.2) is 9.97 Å². The minimum absolute atomic E-state index is 0.421. The van der Waals surface area contributed by atoms with Gasteiger partial charge in [0.15, 0.2) is 11.6 Å². The van der Waals surface area contributed by atoms with Crippen LogP contribution < -0.4 is 16.4 Å².